The lowest BCUT2D eigenvalue weighted by molar-refractivity contribution is 0.372. The number of ether oxygens (including phenoxy) is 2. The molecule has 0 saturated carbocycles. The minimum absolute atomic E-state index is 0.0519. The molecule has 1 rings (SSSR count). The van der Waals surface area contributed by atoms with E-state index in [0.29, 0.717) is 6.42 Å². The van der Waals surface area contributed by atoms with E-state index in [0.717, 1.165) is 23.6 Å². The van der Waals surface area contributed by atoms with Crippen LogP contribution in [-0.4, -0.2) is 20.8 Å². The minimum atomic E-state index is 0.0519. The van der Waals surface area contributed by atoms with Gasteiger partial charge < -0.3 is 14.8 Å². The molecular formula is C14H19NO2. The number of nitrogens with one attached hydrogen (secondary N) is 1. The molecule has 0 aliphatic rings. The second-order valence-corrected chi connectivity index (χ2v) is 3.59. The average molecular weight is 233 g/mol. The van der Waals surface area contributed by atoms with Crippen LogP contribution in [-0.2, 0) is 0 Å². The molecule has 0 heterocycles. The Morgan fingerprint density at radius 1 is 1.29 bits per heavy atom. The maximum absolute atomic E-state index is 5.41. The number of terminal acetylenes is 1. The third kappa shape index (κ3) is 3.15. The van der Waals surface area contributed by atoms with Crippen molar-refractivity contribution in [2.24, 2.45) is 0 Å². The lowest BCUT2D eigenvalue weighted by Crippen LogP contribution is -2.21. The van der Waals surface area contributed by atoms with E-state index in [4.69, 9.17) is 15.9 Å². The smallest absolute Gasteiger partial charge is 0.127 e. The normalized spacial score (nSPS) is 11.6. The molecule has 0 aliphatic carbocycles. The highest BCUT2D eigenvalue weighted by Gasteiger charge is 2.19. The fourth-order valence-corrected chi connectivity index (χ4v) is 1.86. The van der Waals surface area contributed by atoms with Gasteiger partial charge in [-0.05, 0) is 18.7 Å². The molecule has 17 heavy (non-hydrogen) atoms. The molecule has 1 N–H and O–H groups in total. The Kier molecular flexibility index (Phi) is 5.38. The molecule has 0 aliphatic heterocycles. The first-order valence-electron chi connectivity index (χ1n) is 5.66. The molecule has 1 aromatic carbocycles. The third-order valence-electron chi connectivity index (χ3n) is 2.59. The summed E-state index contributed by atoms with van der Waals surface area (Å²) in [4.78, 5) is 0. The number of hydrogen-bond donors (Lipinski definition) is 1. The summed E-state index contributed by atoms with van der Waals surface area (Å²) in [7, 11) is 3.30. The van der Waals surface area contributed by atoms with E-state index < -0.39 is 0 Å². The highest BCUT2D eigenvalue weighted by atomic mass is 16.5. The molecule has 0 aromatic heterocycles. The minimum Gasteiger partial charge on any atom is -0.496 e. The van der Waals surface area contributed by atoms with Gasteiger partial charge in [0.25, 0.3) is 0 Å². The van der Waals surface area contributed by atoms with Gasteiger partial charge in [-0.15, -0.1) is 12.3 Å². The molecule has 0 radical (unpaired) electrons. The van der Waals surface area contributed by atoms with Crippen LogP contribution in [0.1, 0.15) is 24.9 Å². The van der Waals surface area contributed by atoms with Crippen LogP contribution in [0.4, 0.5) is 0 Å². The van der Waals surface area contributed by atoms with Gasteiger partial charge in [-0.2, -0.15) is 0 Å². The Morgan fingerprint density at radius 2 is 1.88 bits per heavy atom. The van der Waals surface area contributed by atoms with E-state index in [2.05, 4.69) is 11.2 Å². The molecule has 3 nitrogen and oxygen atoms in total. The second-order valence-electron chi connectivity index (χ2n) is 3.59. The van der Waals surface area contributed by atoms with Crippen molar-refractivity contribution in [2.45, 2.75) is 19.4 Å². The molecule has 0 bridgehead atoms. The maximum Gasteiger partial charge on any atom is 0.127 e. The Morgan fingerprint density at radius 3 is 2.29 bits per heavy atom. The number of methoxy groups -OCH3 is 2. The fraction of sp³-hybridized carbons (Fsp3) is 0.429. The summed E-state index contributed by atoms with van der Waals surface area (Å²) in [6.07, 6.45) is 6.01. The Bertz CT molecular complexity index is 373. The number of rotatable bonds is 6. The van der Waals surface area contributed by atoms with Crippen molar-refractivity contribution in [3.63, 3.8) is 0 Å². The topological polar surface area (TPSA) is 30.5 Å². The maximum atomic E-state index is 5.41. The van der Waals surface area contributed by atoms with Gasteiger partial charge in [0.1, 0.15) is 11.5 Å². The zero-order valence-electron chi connectivity index (χ0n) is 10.6. The summed E-state index contributed by atoms with van der Waals surface area (Å²) in [6.45, 7) is 2.89. The zero-order valence-corrected chi connectivity index (χ0v) is 10.6. The van der Waals surface area contributed by atoms with Crippen LogP contribution in [0.5, 0.6) is 11.5 Å². The van der Waals surface area contributed by atoms with Crippen LogP contribution in [0.2, 0.25) is 0 Å². The highest BCUT2D eigenvalue weighted by molar-refractivity contribution is 5.47. The van der Waals surface area contributed by atoms with Crippen LogP contribution < -0.4 is 14.8 Å². The monoisotopic (exact) mass is 233 g/mol. The van der Waals surface area contributed by atoms with E-state index in [1.54, 1.807) is 14.2 Å². The SMILES string of the molecule is C#CCC(NCC)c1c(OC)cccc1OC. The van der Waals surface area contributed by atoms with E-state index in [-0.39, 0.29) is 6.04 Å². The first kappa shape index (κ1) is 13.4. The van der Waals surface area contributed by atoms with Crippen molar-refractivity contribution in [1.29, 1.82) is 0 Å². The van der Waals surface area contributed by atoms with Crippen molar-refractivity contribution in [3.05, 3.63) is 23.8 Å². The predicted molar refractivity (Wildman–Crippen MR) is 69.4 cm³/mol. The molecule has 1 aromatic rings. The Hall–Kier alpha value is -1.66. The van der Waals surface area contributed by atoms with Crippen LogP contribution in [0.3, 0.4) is 0 Å². The van der Waals surface area contributed by atoms with Gasteiger partial charge in [-0.3, -0.25) is 0 Å². The van der Waals surface area contributed by atoms with Crippen molar-refractivity contribution in [2.75, 3.05) is 20.8 Å². The van der Waals surface area contributed by atoms with Gasteiger partial charge in [-0.25, -0.2) is 0 Å². The van der Waals surface area contributed by atoms with Crippen molar-refractivity contribution < 1.29 is 9.47 Å². The summed E-state index contributed by atoms with van der Waals surface area (Å²) in [5, 5.41) is 3.35. The van der Waals surface area contributed by atoms with E-state index >= 15 is 0 Å². The summed E-state index contributed by atoms with van der Waals surface area (Å²) < 4.78 is 10.7. The molecule has 1 unspecified atom stereocenters. The van der Waals surface area contributed by atoms with Crippen molar-refractivity contribution >= 4 is 0 Å². The second kappa shape index (κ2) is 6.82. The van der Waals surface area contributed by atoms with E-state index in [9.17, 15) is 0 Å². The molecule has 3 heteroatoms. The first-order valence-corrected chi connectivity index (χ1v) is 5.66. The molecular weight excluding hydrogens is 214 g/mol. The summed E-state index contributed by atoms with van der Waals surface area (Å²) >= 11 is 0. The molecule has 1 atom stereocenters. The third-order valence-corrected chi connectivity index (χ3v) is 2.59. The summed E-state index contributed by atoms with van der Waals surface area (Å²) in [5.74, 6) is 4.27. The fourth-order valence-electron chi connectivity index (χ4n) is 1.86. The number of hydrogen-bond acceptors (Lipinski definition) is 3. The van der Waals surface area contributed by atoms with E-state index in [1.165, 1.54) is 0 Å². The molecule has 0 amide bonds. The average Bonchev–Trinajstić information content (AvgIpc) is 2.37. The molecule has 0 fully saturated rings. The lowest BCUT2D eigenvalue weighted by atomic mass is 10.0. The van der Waals surface area contributed by atoms with Crippen molar-refractivity contribution in [3.8, 4) is 23.8 Å². The summed E-state index contributed by atoms with van der Waals surface area (Å²) in [6, 6.07) is 5.79. The van der Waals surface area contributed by atoms with Gasteiger partial charge >= 0.3 is 0 Å². The van der Waals surface area contributed by atoms with Crippen molar-refractivity contribution in [1.82, 2.24) is 5.32 Å². The largest absolute Gasteiger partial charge is 0.496 e. The van der Waals surface area contributed by atoms with Gasteiger partial charge in [0.2, 0.25) is 0 Å². The van der Waals surface area contributed by atoms with Gasteiger partial charge in [0, 0.05) is 6.42 Å². The van der Waals surface area contributed by atoms with Crippen LogP contribution in [0, 0.1) is 12.3 Å². The van der Waals surface area contributed by atoms with Gasteiger partial charge in [0.15, 0.2) is 0 Å². The van der Waals surface area contributed by atoms with Crippen LogP contribution >= 0.6 is 0 Å². The Labute approximate surface area is 103 Å². The molecule has 0 spiro atoms. The molecule has 0 saturated heterocycles. The standard InChI is InChI=1S/C14H19NO2/c1-5-8-11(15-6-2)14-12(16-3)9-7-10-13(14)17-4/h1,7,9-11,15H,6,8H2,2-4H3. The first-order chi connectivity index (χ1) is 8.28. The number of benzene rings is 1. The molecule has 92 valence electrons. The van der Waals surface area contributed by atoms with Gasteiger partial charge in [0.05, 0.1) is 25.8 Å². The van der Waals surface area contributed by atoms with Crippen LogP contribution in [0.25, 0.3) is 0 Å². The summed E-state index contributed by atoms with van der Waals surface area (Å²) in [5.41, 5.74) is 0.984. The lowest BCUT2D eigenvalue weighted by Gasteiger charge is -2.21. The van der Waals surface area contributed by atoms with E-state index in [1.807, 2.05) is 25.1 Å². The van der Waals surface area contributed by atoms with Crippen LogP contribution in [0.15, 0.2) is 18.2 Å². The Balaban J connectivity index is 3.18. The predicted octanol–water partition coefficient (Wildman–Crippen LogP) is 2.38. The quantitative estimate of drug-likeness (QED) is 0.765. The van der Waals surface area contributed by atoms with Gasteiger partial charge in [-0.1, -0.05) is 13.0 Å². The zero-order chi connectivity index (χ0) is 12.7. The highest BCUT2D eigenvalue weighted by Crippen LogP contribution is 2.35.